The summed E-state index contributed by atoms with van der Waals surface area (Å²) in [6, 6.07) is 13.3. The van der Waals surface area contributed by atoms with E-state index in [9.17, 15) is 10.1 Å². The van der Waals surface area contributed by atoms with E-state index in [0.29, 0.717) is 5.69 Å². The summed E-state index contributed by atoms with van der Waals surface area (Å²) >= 11 is 0. The molecule has 1 unspecified atom stereocenters. The largest absolute Gasteiger partial charge is 0.373 e. The molecule has 2 aromatic carbocycles. The number of nitro benzene ring substituents is 1. The van der Waals surface area contributed by atoms with Gasteiger partial charge in [0.15, 0.2) is 0 Å². The Bertz CT molecular complexity index is 621. The van der Waals surface area contributed by atoms with E-state index < -0.39 is 0 Å². The van der Waals surface area contributed by atoms with Crippen LogP contribution < -0.4 is 5.32 Å². The van der Waals surface area contributed by atoms with Crippen molar-refractivity contribution in [3.63, 3.8) is 0 Å². The van der Waals surface area contributed by atoms with E-state index in [1.165, 1.54) is 5.56 Å². The van der Waals surface area contributed by atoms with Crippen molar-refractivity contribution in [1.29, 1.82) is 0 Å². The normalized spacial score (nSPS) is 11.9. The van der Waals surface area contributed by atoms with Gasteiger partial charge in [0.1, 0.15) is 5.69 Å². The van der Waals surface area contributed by atoms with Crippen LogP contribution in [0.15, 0.2) is 42.5 Å². The third kappa shape index (κ3) is 3.15. The van der Waals surface area contributed by atoms with Gasteiger partial charge in [-0.05, 0) is 38.0 Å². The van der Waals surface area contributed by atoms with Crippen molar-refractivity contribution in [2.24, 2.45) is 0 Å². The predicted octanol–water partition coefficient (Wildman–Crippen LogP) is 4.38. The van der Waals surface area contributed by atoms with Gasteiger partial charge in [0.05, 0.1) is 4.92 Å². The molecule has 0 heterocycles. The van der Waals surface area contributed by atoms with Gasteiger partial charge < -0.3 is 5.32 Å². The molecule has 2 rings (SSSR count). The summed E-state index contributed by atoms with van der Waals surface area (Å²) in [5.41, 5.74) is 3.96. The van der Waals surface area contributed by atoms with Crippen LogP contribution in [0.5, 0.6) is 0 Å². The lowest BCUT2D eigenvalue weighted by Gasteiger charge is -2.16. The Hall–Kier alpha value is -2.36. The first-order chi connectivity index (χ1) is 9.47. The Labute approximate surface area is 118 Å². The topological polar surface area (TPSA) is 55.2 Å². The number of nitrogens with zero attached hydrogens (tertiary/aromatic N) is 1. The van der Waals surface area contributed by atoms with Crippen molar-refractivity contribution >= 4 is 11.4 Å². The Morgan fingerprint density at radius 3 is 2.25 bits per heavy atom. The summed E-state index contributed by atoms with van der Waals surface area (Å²) in [4.78, 5) is 10.7. The zero-order chi connectivity index (χ0) is 14.7. The molecule has 1 N–H and O–H groups in total. The highest BCUT2D eigenvalue weighted by Crippen LogP contribution is 2.29. The average molecular weight is 270 g/mol. The summed E-state index contributed by atoms with van der Waals surface area (Å²) in [6.07, 6.45) is 0. The molecule has 0 aromatic heterocycles. The number of rotatable bonds is 4. The molecule has 4 heteroatoms. The van der Waals surface area contributed by atoms with Gasteiger partial charge in [-0.1, -0.05) is 35.9 Å². The summed E-state index contributed by atoms with van der Waals surface area (Å²) in [7, 11) is 0. The smallest absolute Gasteiger partial charge is 0.292 e. The van der Waals surface area contributed by atoms with Gasteiger partial charge in [-0.3, -0.25) is 10.1 Å². The maximum atomic E-state index is 11.1. The van der Waals surface area contributed by atoms with Crippen molar-refractivity contribution in [1.82, 2.24) is 0 Å². The van der Waals surface area contributed by atoms with Crippen LogP contribution >= 0.6 is 0 Å². The maximum absolute atomic E-state index is 11.1. The van der Waals surface area contributed by atoms with Gasteiger partial charge in [0.2, 0.25) is 0 Å². The lowest BCUT2D eigenvalue weighted by Crippen LogP contribution is -2.08. The van der Waals surface area contributed by atoms with Crippen LogP contribution in [-0.4, -0.2) is 4.92 Å². The number of nitro groups is 1. The minimum Gasteiger partial charge on any atom is -0.373 e. The number of hydrogen-bond acceptors (Lipinski definition) is 3. The molecule has 0 radical (unpaired) electrons. The molecule has 1 atom stereocenters. The van der Waals surface area contributed by atoms with E-state index in [1.54, 1.807) is 12.1 Å². The highest BCUT2D eigenvalue weighted by atomic mass is 16.6. The number of nitrogens with one attached hydrogen (secondary N) is 1. The number of benzene rings is 2. The fourth-order valence-electron chi connectivity index (χ4n) is 2.10. The molecule has 0 saturated carbocycles. The van der Waals surface area contributed by atoms with Gasteiger partial charge in [0.25, 0.3) is 5.69 Å². The molecule has 0 fully saturated rings. The minimum absolute atomic E-state index is 0.0103. The molecule has 20 heavy (non-hydrogen) atoms. The summed E-state index contributed by atoms with van der Waals surface area (Å²) in [5, 5.41) is 14.3. The van der Waals surface area contributed by atoms with Crippen LogP contribution in [0.4, 0.5) is 11.4 Å². The highest BCUT2D eigenvalue weighted by molar-refractivity contribution is 5.63. The molecule has 4 nitrogen and oxygen atoms in total. The lowest BCUT2D eigenvalue weighted by atomic mass is 10.1. The van der Waals surface area contributed by atoms with E-state index in [0.717, 1.165) is 11.1 Å². The first kappa shape index (κ1) is 14.1. The number of hydrogen-bond donors (Lipinski definition) is 1. The van der Waals surface area contributed by atoms with Crippen molar-refractivity contribution < 1.29 is 4.92 Å². The standard InChI is InChI=1S/C16H18N2O2/c1-11-4-7-14(8-5-11)13(3)17-15-10-12(2)6-9-16(15)18(19)20/h4-10,13,17H,1-3H3. The summed E-state index contributed by atoms with van der Waals surface area (Å²) in [5.74, 6) is 0. The second-order valence-corrected chi connectivity index (χ2v) is 5.05. The molecule has 0 amide bonds. The van der Waals surface area contributed by atoms with Crippen molar-refractivity contribution in [3.8, 4) is 0 Å². The lowest BCUT2D eigenvalue weighted by molar-refractivity contribution is -0.384. The molecular weight excluding hydrogens is 252 g/mol. The van der Waals surface area contributed by atoms with Gasteiger partial charge >= 0.3 is 0 Å². The molecule has 0 aliphatic rings. The second kappa shape index (κ2) is 5.74. The highest BCUT2D eigenvalue weighted by Gasteiger charge is 2.15. The quantitative estimate of drug-likeness (QED) is 0.662. The van der Waals surface area contributed by atoms with Crippen molar-refractivity contribution in [2.45, 2.75) is 26.8 Å². The summed E-state index contributed by atoms with van der Waals surface area (Å²) in [6.45, 7) is 5.95. The molecule has 0 saturated heterocycles. The zero-order valence-electron chi connectivity index (χ0n) is 11.9. The van der Waals surface area contributed by atoms with Crippen LogP contribution in [0.1, 0.15) is 29.7 Å². The van der Waals surface area contributed by atoms with Crippen LogP contribution in [0, 0.1) is 24.0 Å². The fraction of sp³-hybridized carbons (Fsp3) is 0.250. The zero-order valence-corrected chi connectivity index (χ0v) is 11.9. The fourth-order valence-corrected chi connectivity index (χ4v) is 2.10. The SMILES string of the molecule is Cc1ccc(C(C)Nc2cc(C)ccc2[N+](=O)[O-])cc1. The second-order valence-electron chi connectivity index (χ2n) is 5.05. The van der Waals surface area contributed by atoms with Gasteiger partial charge in [-0.2, -0.15) is 0 Å². The molecule has 104 valence electrons. The van der Waals surface area contributed by atoms with E-state index in [-0.39, 0.29) is 16.7 Å². The van der Waals surface area contributed by atoms with Gasteiger partial charge in [-0.25, -0.2) is 0 Å². The maximum Gasteiger partial charge on any atom is 0.292 e. The molecule has 0 aliphatic carbocycles. The predicted molar refractivity (Wildman–Crippen MR) is 81.1 cm³/mol. The van der Waals surface area contributed by atoms with Gasteiger partial charge in [0, 0.05) is 12.1 Å². The molecule has 2 aromatic rings. The van der Waals surface area contributed by atoms with E-state index in [1.807, 2.05) is 51.1 Å². The molecule has 0 aliphatic heterocycles. The van der Waals surface area contributed by atoms with Crippen LogP contribution in [0.25, 0.3) is 0 Å². The Balaban J connectivity index is 2.27. The van der Waals surface area contributed by atoms with E-state index in [4.69, 9.17) is 0 Å². The van der Waals surface area contributed by atoms with Crippen molar-refractivity contribution in [3.05, 3.63) is 69.3 Å². The first-order valence-electron chi connectivity index (χ1n) is 6.55. The van der Waals surface area contributed by atoms with E-state index >= 15 is 0 Å². The van der Waals surface area contributed by atoms with Crippen molar-refractivity contribution in [2.75, 3.05) is 5.32 Å². The van der Waals surface area contributed by atoms with Crippen LogP contribution in [0.2, 0.25) is 0 Å². The monoisotopic (exact) mass is 270 g/mol. The van der Waals surface area contributed by atoms with Crippen LogP contribution in [0.3, 0.4) is 0 Å². The first-order valence-corrected chi connectivity index (χ1v) is 6.55. The van der Waals surface area contributed by atoms with Crippen LogP contribution in [-0.2, 0) is 0 Å². The average Bonchev–Trinajstić information content (AvgIpc) is 2.39. The van der Waals surface area contributed by atoms with E-state index in [2.05, 4.69) is 5.32 Å². The summed E-state index contributed by atoms with van der Waals surface area (Å²) < 4.78 is 0. The minimum atomic E-state index is -0.358. The molecule has 0 spiro atoms. The number of aryl methyl sites for hydroxylation is 2. The Morgan fingerprint density at radius 1 is 1.05 bits per heavy atom. The Kier molecular flexibility index (Phi) is 4.03. The molecule has 0 bridgehead atoms. The molecular formula is C16H18N2O2. The number of anilines is 1. The van der Waals surface area contributed by atoms with Gasteiger partial charge in [-0.15, -0.1) is 0 Å². The Morgan fingerprint density at radius 2 is 1.65 bits per heavy atom. The third-order valence-corrected chi connectivity index (χ3v) is 3.30. The third-order valence-electron chi connectivity index (χ3n) is 3.30.